The first-order valence-electron chi connectivity index (χ1n) is 6.35. The summed E-state index contributed by atoms with van der Waals surface area (Å²) >= 11 is 0. The van der Waals surface area contributed by atoms with E-state index < -0.39 is 0 Å². The van der Waals surface area contributed by atoms with Crippen LogP contribution in [0.5, 0.6) is 11.5 Å². The molecule has 0 fully saturated rings. The Labute approximate surface area is 114 Å². The Hall–Kier alpha value is -1.30. The van der Waals surface area contributed by atoms with Gasteiger partial charge in [-0.05, 0) is 13.0 Å². The summed E-state index contributed by atoms with van der Waals surface area (Å²) < 4.78 is 16.0. The first kappa shape index (κ1) is 15.8. The molecule has 1 rings (SSSR count). The smallest absolute Gasteiger partial charge is 0.165 e. The number of nitrogens with one attached hydrogen (secondary N) is 1. The molecule has 5 heteroatoms. The lowest BCUT2D eigenvalue weighted by Gasteiger charge is -2.15. The standard InChI is InChI=1S/C14H23NO4/c1-11(16)9-15-10-12-5-4-6-13(18-3)14(12)19-8-7-17-2/h4-6,11,15-16H,7-10H2,1-3H3. The third-order valence-electron chi connectivity index (χ3n) is 2.57. The van der Waals surface area contributed by atoms with Gasteiger partial charge in [0.05, 0.1) is 19.8 Å². The molecule has 1 unspecified atom stereocenters. The molecule has 0 radical (unpaired) electrons. The Balaban J connectivity index is 2.71. The van der Waals surface area contributed by atoms with E-state index in [9.17, 15) is 5.11 Å². The van der Waals surface area contributed by atoms with Crippen LogP contribution in [-0.2, 0) is 11.3 Å². The van der Waals surface area contributed by atoms with Gasteiger partial charge in [0, 0.05) is 25.8 Å². The highest BCUT2D eigenvalue weighted by Gasteiger charge is 2.10. The Morgan fingerprint density at radius 2 is 2.05 bits per heavy atom. The lowest BCUT2D eigenvalue weighted by Crippen LogP contribution is -2.24. The van der Waals surface area contributed by atoms with Gasteiger partial charge in [-0.1, -0.05) is 12.1 Å². The average Bonchev–Trinajstić information content (AvgIpc) is 2.39. The van der Waals surface area contributed by atoms with Crippen molar-refractivity contribution in [2.75, 3.05) is 34.0 Å². The highest BCUT2D eigenvalue weighted by atomic mass is 16.5. The molecule has 0 heterocycles. The number of aliphatic hydroxyl groups excluding tert-OH is 1. The molecule has 0 aliphatic carbocycles. The van der Waals surface area contributed by atoms with Crippen molar-refractivity contribution in [3.63, 3.8) is 0 Å². The predicted molar refractivity (Wildman–Crippen MR) is 73.8 cm³/mol. The van der Waals surface area contributed by atoms with E-state index in [-0.39, 0.29) is 6.10 Å². The fourth-order valence-corrected chi connectivity index (χ4v) is 1.67. The fourth-order valence-electron chi connectivity index (χ4n) is 1.67. The summed E-state index contributed by atoms with van der Waals surface area (Å²) in [5.41, 5.74) is 0.996. The van der Waals surface area contributed by atoms with Crippen LogP contribution in [-0.4, -0.2) is 45.2 Å². The molecule has 108 valence electrons. The van der Waals surface area contributed by atoms with E-state index in [0.717, 1.165) is 11.3 Å². The molecular weight excluding hydrogens is 246 g/mol. The third-order valence-corrected chi connectivity index (χ3v) is 2.57. The van der Waals surface area contributed by atoms with Gasteiger partial charge in [-0.2, -0.15) is 0 Å². The number of para-hydroxylation sites is 1. The first-order chi connectivity index (χ1) is 9.19. The summed E-state index contributed by atoms with van der Waals surface area (Å²) in [4.78, 5) is 0. The maximum Gasteiger partial charge on any atom is 0.165 e. The first-order valence-corrected chi connectivity index (χ1v) is 6.35. The molecule has 0 aliphatic heterocycles. The molecule has 0 spiro atoms. The van der Waals surface area contributed by atoms with Crippen molar-refractivity contribution in [1.82, 2.24) is 5.32 Å². The van der Waals surface area contributed by atoms with Gasteiger partial charge in [-0.15, -0.1) is 0 Å². The molecule has 0 bridgehead atoms. The zero-order valence-corrected chi connectivity index (χ0v) is 11.8. The molecule has 0 aromatic heterocycles. The predicted octanol–water partition coefficient (Wildman–Crippen LogP) is 1.19. The number of rotatable bonds is 9. The third kappa shape index (κ3) is 5.46. The quantitative estimate of drug-likeness (QED) is 0.659. The Morgan fingerprint density at radius 3 is 2.68 bits per heavy atom. The summed E-state index contributed by atoms with van der Waals surface area (Å²) in [6.45, 7) is 3.90. The van der Waals surface area contributed by atoms with Gasteiger partial charge in [0.25, 0.3) is 0 Å². The van der Waals surface area contributed by atoms with E-state index in [1.54, 1.807) is 21.1 Å². The molecule has 1 aromatic rings. The maximum absolute atomic E-state index is 9.24. The van der Waals surface area contributed by atoms with Gasteiger partial charge < -0.3 is 24.6 Å². The summed E-state index contributed by atoms with van der Waals surface area (Å²) in [5.74, 6) is 1.42. The summed E-state index contributed by atoms with van der Waals surface area (Å²) in [6, 6.07) is 5.75. The van der Waals surface area contributed by atoms with E-state index >= 15 is 0 Å². The number of aliphatic hydroxyl groups is 1. The largest absolute Gasteiger partial charge is 0.493 e. The van der Waals surface area contributed by atoms with Crippen LogP contribution < -0.4 is 14.8 Å². The molecule has 0 saturated carbocycles. The van der Waals surface area contributed by atoms with Crippen LogP contribution >= 0.6 is 0 Å². The lowest BCUT2D eigenvalue weighted by molar-refractivity contribution is 0.143. The fraction of sp³-hybridized carbons (Fsp3) is 0.571. The minimum absolute atomic E-state index is 0.372. The molecule has 2 N–H and O–H groups in total. The second-order valence-corrected chi connectivity index (χ2v) is 4.27. The molecule has 19 heavy (non-hydrogen) atoms. The van der Waals surface area contributed by atoms with Crippen LogP contribution in [0, 0.1) is 0 Å². The molecular formula is C14H23NO4. The van der Waals surface area contributed by atoms with Crippen molar-refractivity contribution in [3.05, 3.63) is 23.8 Å². The second-order valence-electron chi connectivity index (χ2n) is 4.27. The van der Waals surface area contributed by atoms with Crippen LogP contribution in [0.15, 0.2) is 18.2 Å². The summed E-state index contributed by atoms with van der Waals surface area (Å²) in [6.07, 6.45) is -0.372. The Kier molecular flexibility index (Phi) is 7.25. The SMILES string of the molecule is COCCOc1c(CNCC(C)O)cccc1OC. The molecule has 1 atom stereocenters. The number of hydrogen-bond donors (Lipinski definition) is 2. The number of benzene rings is 1. The van der Waals surface area contributed by atoms with E-state index in [2.05, 4.69) is 5.32 Å². The minimum Gasteiger partial charge on any atom is -0.493 e. The van der Waals surface area contributed by atoms with Crippen molar-refractivity contribution < 1.29 is 19.3 Å². The van der Waals surface area contributed by atoms with Gasteiger partial charge in [-0.3, -0.25) is 0 Å². The van der Waals surface area contributed by atoms with Crippen molar-refractivity contribution >= 4 is 0 Å². The normalized spacial score (nSPS) is 12.2. The summed E-state index contributed by atoms with van der Waals surface area (Å²) in [5, 5.41) is 12.4. The number of ether oxygens (including phenoxy) is 3. The van der Waals surface area contributed by atoms with Crippen LogP contribution in [0.1, 0.15) is 12.5 Å². The van der Waals surface area contributed by atoms with Crippen LogP contribution in [0.3, 0.4) is 0 Å². The summed E-state index contributed by atoms with van der Waals surface area (Å²) in [7, 11) is 3.25. The highest BCUT2D eigenvalue weighted by Crippen LogP contribution is 2.30. The topological polar surface area (TPSA) is 60.0 Å². The molecule has 0 saturated heterocycles. The molecule has 1 aromatic carbocycles. The van der Waals surface area contributed by atoms with Crippen LogP contribution in [0.25, 0.3) is 0 Å². The Bertz CT molecular complexity index is 368. The monoisotopic (exact) mass is 269 g/mol. The van der Waals surface area contributed by atoms with Crippen LogP contribution in [0.4, 0.5) is 0 Å². The number of methoxy groups -OCH3 is 2. The van der Waals surface area contributed by atoms with Crippen molar-refractivity contribution in [1.29, 1.82) is 0 Å². The maximum atomic E-state index is 9.24. The molecule has 0 amide bonds. The number of hydrogen-bond acceptors (Lipinski definition) is 5. The minimum atomic E-state index is -0.372. The zero-order chi connectivity index (χ0) is 14.1. The van der Waals surface area contributed by atoms with E-state index in [1.165, 1.54) is 0 Å². The van der Waals surface area contributed by atoms with Crippen molar-refractivity contribution in [2.45, 2.75) is 19.6 Å². The Morgan fingerprint density at radius 1 is 1.26 bits per heavy atom. The molecule has 0 aliphatic rings. The van der Waals surface area contributed by atoms with Gasteiger partial charge in [0.1, 0.15) is 6.61 Å². The van der Waals surface area contributed by atoms with Crippen molar-refractivity contribution in [3.8, 4) is 11.5 Å². The average molecular weight is 269 g/mol. The zero-order valence-electron chi connectivity index (χ0n) is 11.8. The van der Waals surface area contributed by atoms with Crippen molar-refractivity contribution in [2.24, 2.45) is 0 Å². The van der Waals surface area contributed by atoms with Crippen LogP contribution in [0.2, 0.25) is 0 Å². The van der Waals surface area contributed by atoms with Gasteiger partial charge >= 0.3 is 0 Å². The van der Waals surface area contributed by atoms with E-state index in [1.807, 2.05) is 18.2 Å². The highest BCUT2D eigenvalue weighted by molar-refractivity contribution is 5.46. The van der Waals surface area contributed by atoms with E-state index in [0.29, 0.717) is 32.1 Å². The lowest BCUT2D eigenvalue weighted by atomic mass is 10.2. The van der Waals surface area contributed by atoms with Gasteiger partial charge in [-0.25, -0.2) is 0 Å². The molecule has 5 nitrogen and oxygen atoms in total. The van der Waals surface area contributed by atoms with Gasteiger partial charge in [0.2, 0.25) is 0 Å². The second kappa shape index (κ2) is 8.74. The van der Waals surface area contributed by atoms with E-state index in [4.69, 9.17) is 14.2 Å². The van der Waals surface area contributed by atoms with Gasteiger partial charge in [0.15, 0.2) is 11.5 Å².